The van der Waals surface area contributed by atoms with Gasteiger partial charge >= 0.3 is 0 Å². The molecule has 1 atom stereocenters. The van der Waals surface area contributed by atoms with E-state index in [1.807, 2.05) is 0 Å². The monoisotopic (exact) mass is 257 g/mol. The van der Waals surface area contributed by atoms with E-state index in [2.05, 4.69) is 12.2 Å². The summed E-state index contributed by atoms with van der Waals surface area (Å²) in [6.07, 6.45) is 12.8. The molecule has 0 saturated carbocycles. The fourth-order valence-corrected chi connectivity index (χ4v) is 2.91. The maximum Gasteiger partial charge on any atom is 0.103 e. The van der Waals surface area contributed by atoms with Crippen molar-refractivity contribution in [3.63, 3.8) is 0 Å². The van der Waals surface area contributed by atoms with Crippen molar-refractivity contribution in [2.24, 2.45) is 5.92 Å². The van der Waals surface area contributed by atoms with Gasteiger partial charge in [0.25, 0.3) is 0 Å². The molecule has 1 heterocycles. The molecule has 1 saturated heterocycles. The van der Waals surface area contributed by atoms with Crippen LogP contribution in [0.3, 0.4) is 0 Å². The van der Waals surface area contributed by atoms with E-state index in [-0.39, 0.29) is 0 Å². The average molecular weight is 257 g/mol. The highest BCUT2D eigenvalue weighted by molar-refractivity contribution is 4.75. The molecule has 1 aliphatic heterocycles. The number of nitrogens with one attached hydrogen (secondary N) is 1. The Labute approximate surface area is 113 Å². The van der Waals surface area contributed by atoms with Crippen LogP contribution in [-0.2, 0) is 0 Å². The third-order valence-electron chi connectivity index (χ3n) is 4.23. The second-order valence-corrected chi connectivity index (χ2v) is 5.87. The van der Waals surface area contributed by atoms with Crippen LogP contribution in [0.5, 0.6) is 0 Å². The van der Waals surface area contributed by atoms with Crippen molar-refractivity contribution in [3.05, 3.63) is 0 Å². The predicted molar refractivity (Wildman–Crippen MR) is 77.7 cm³/mol. The minimum atomic E-state index is -0.535. The normalized spacial score (nSPS) is 19.0. The van der Waals surface area contributed by atoms with Crippen LogP contribution >= 0.6 is 0 Å². The quantitative estimate of drug-likeness (QED) is 0.551. The van der Waals surface area contributed by atoms with Crippen LogP contribution in [0.4, 0.5) is 4.39 Å². The number of halogens is 1. The summed E-state index contributed by atoms with van der Waals surface area (Å²) in [5.74, 6) is 0.343. The molecule has 0 amide bonds. The summed E-state index contributed by atoms with van der Waals surface area (Å²) in [7, 11) is 0. The van der Waals surface area contributed by atoms with Crippen molar-refractivity contribution in [2.75, 3.05) is 13.1 Å². The molecule has 0 aromatic carbocycles. The van der Waals surface area contributed by atoms with Crippen molar-refractivity contribution in [3.8, 4) is 0 Å². The lowest BCUT2D eigenvalue weighted by atomic mass is 9.90. The molecule has 0 aliphatic carbocycles. The van der Waals surface area contributed by atoms with E-state index in [9.17, 15) is 4.39 Å². The maximum absolute atomic E-state index is 13.9. The van der Waals surface area contributed by atoms with E-state index in [0.717, 1.165) is 38.8 Å². The third-order valence-corrected chi connectivity index (χ3v) is 4.23. The van der Waals surface area contributed by atoms with Gasteiger partial charge in [-0.25, -0.2) is 4.39 Å². The van der Waals surface area contributed by atoms with Gasteiger partial charge in [-0.3, -0.25) is 0 Å². The van der Waals surface area contributed by atoms with Crippen LogP contribution in [0.2, 0.25) is 0 Å². The first-order chi connectivity index (χ1) is 8.84. The van der Waals surface area contributed by atoms with Gasteiger partial charge in [0.05, 0.1) is 0 Å². The van der Waals surface area contributed by atoms with E-state index in [0.29, 0.717) is 5.92 Å². The molecule has 0 bridgehead atoms. The topological polar surface area (TPSA) is 12.0 Å². The molecule has 18 heavy (non-hydrogen) atoms. The zero-order valence-electron chi connectivity index (χ0n) is 12.2. The lowest BCUT2D eigenvalue weighted by molar-refractivity contribution is 0.173. The molecule has 0 aromatic rings. The van der Waals surface area contributed by atoms with E-state index in [4.69, 9.17) is 0 Å². The van der Waals surface area contributed by atoms with Crippen molar-refractivity contribution < 1.29 is 4.39 Å². The molecule has 0 radical (unpaired) electrons. The molecule has 108 valence electrons. The third kappa shape index (κ3) is 7.35. The van der Waals surface area contributed by atoms with Crippen molar-refractivity contribution in [1.29, 1.82) is 0 Å². The number of unbranched alkanes of at least 4 members (excludes halogenated alkanes) is 7. The van der Waals surface area contributed by atoms with Gasteiger partial charge in [-0.15, -0.1) is 0 Å². The van der Waals surface area contributed by atoms with Crippen LogP contribution in [0.15, 0.2) is 0 Å². The fraction of sp³-hybridized carbons (Fsp3) is 1.00. The fourth-order valence-electron chi connectivity index (χ4n) is 2.91. The molecule has 1 unspecified atom stereocenters. The van der Waals surface area contributed by atoms with E-state index in [1.165, 1.54) is 44.9 Å². The van der Waals surface area contributed by atoms with Gasteiger partial charge in [-0.2, -0.15) is 0 Å². The molecule has 1 nitrogen and oxygen atoms in total. The molecule has 1 rings (SSSR count). The number of rotatable bonds is 10. The molecule has 2 heteroatoms. The van der Waals surface area contributed by atoms with Gasteiger partial charge in [0.2, 0.25) is 0 Å². The lowest BCUT2D eigenvalue weighted by Gasteiger charge is -2.25. The highest BCUT2D eigenvalue weighted by Crippen LogP contribution is 2.23. The standard InChI is InChI=1S/C16H32FN/c1-2-3-4-5-6-7-8-9-10-16(17)15-11-13-18-14-12-15/h15-16,18H,2-14H2,1H3. The summed E-state index contributed by atoms with van der Waals surface area (Å²) in [5, 5.41) is 3.30. The van der Waals surface area contributed by atoms with Gasteiger partial charge in [-0.1, -0.05) is 58.3 Å². The minimum Gasteiger partial charge on any atom is -0.317 e. The van der Waals surface area contributed by atoms with Crippen LogP contribution in [0, 0.1) is 5.92 Å². The molecule has 1 N–H and O–H groups in total. The zero-order chi connectivity index (χ0) is 13.1. The first-order valence-electron chi connectivity index (χ1n) is 8.19. The highest BCUT2D eigenvalue weighted by Gasteiger charge is 2.22. The van der Waals surface area contributed by atoms with Gasteiger partial charge < -0.3 is 5.32 Å². The Bertz CT molecular complexity index is 178. The Kier molecular flexibility index (Phi) is 9.55. The van der Waals surface area contributed by atoms with Crippen LogP contribution in [0.25, 0.3) is 0 Å². The molecule has 1 fully saturated rings. The first-order valence-corrected chi connectivity index (χ1v) is 8.19. The first kappa shape index (κ1) is 15.9. The Hall–Kier alpha value is -0.110. The Balaban J connectivity index is 1.87. The predicted octanol–water partition coefficient (Wildman–Crippen LogP) is 4.85. The average Bonchev–Trinajstić information content (AvgIpc) is 2.42. The van der Waals surface area contributed by atoms with Gasteiger partial charge in [0.15, 0.2) is 0 Å². The molecule has 1 aliphatic rings. The van der Waals surface area contributed by atoms with E-state index in [1.54, 1.807) is 0 Å². The van der Waals surface area contributed by atoms with Crippen molar-refractivity contribution >= 4 is 0 Å². The molecular weight excluding hydrogens is 225 g/mol. The summed E-state index contributed by atoms with van der Waals surface area (Å²) < 4.78 is 13.9. The molecule has 0 spiro atoms. The summed E-state index contributed by atoms with van der Waals surface area (Å²) in [4.78, 5) is 0. The highest BCUT2D eigenvalue weighted by atomic mass is 19.1. The Morgan fingerprint density at radius 3 is 2.11 bits per heavy atom. The second kappa shape index (κ2) is 10.8. The molecule has 0 aromatic heterocycles. The van der Waals surface area contributed by atoms with E-state index < -0.39 is 6.17 Å². The van der Waals surface area contributed by atoms with E-state index >= 15 is 0 Å². The summed E-state index contributed by atoms with van der Waals surface area (Å²) in [6.45, 7) is 4.28. The number of hydrogen-bond acceptors (Lipinski definition) is 1. The van der Waals surface area contributed by atoms with Gasteiger partial charge in [-0.05, 0) is 38.3 Å². The largest absolute Gasteiger partial charge is 0.317 e. The summed E-state index contributed by atoms with van der Waals surface area (Å²) in [6, 6.07) is 0. The second-order valence-electron chi connectivity index (χ2n) is 5.87. The van der Waals surface area contributed by atoms with Crippen molar-refractivity contribution in [1.82, 2.24) is 5.32 Å². The SMILES string of the molecule is CCCCCCCCCCC(F)C1CCNCC1. The van der Waals surface area contributed by atoms with Crippen LogP contribution in [-0.4, -0.2) is 19.3 Å². The minimum absolute atomic E-state index is 0.343. The summed E-state index contributed by atoms with van der Waals surface area (Å²) >= 11 is 0. The smallest absolute Gasteiger partial charge is 0.103 e. The van der Waals surface area contributed by atoms with Crippen LogP contribution in [0.1, 0.15) is 77.6 Å². The summed E-state index contributed by atoms with van der Waals surface area (Å²) in [5.41, 5.74) is 0. The lowest BCUT2D eigenvalue weighted by Crippen LogP contribution is -2.32. The molecular formula is C16H32FN. The number of piperidine rings is 1. The van der Waals surface area contributed by atoms with Crippen LogP contribution < -0.4 is 5.32 Å². The Morgan fingerprint density at radius 2 is 1.50 bits per heavy atom. The van der Waals surface area contributed by atoms with Gasteiger partial charge in [0.1, 0.15) is 6.17 Å². The van der Waals surface area contributed by atoms with Gasteiger partial charge in [0, 0.05) is 0 Å². The maximum atomic E-state index is 13.9. The number of alkyl halides is 1. The Morgan fingerprint density at radius 1 is 0.944 bits per heavy atom. The zero-order valence-corrected chi connectivity index (χ0v) is 12.2. The van der Waals surface area contributed by atoms with Crippen molar-refractivity contribution in [2.45, 2.75) is 83.7 Å². The number of hydrogen-bond donors (Lipinski definition) is 1.